The van der Waals surface area contributed by atoms with E-state index in [4.69, 9.17) is 4.74 Å². The molecule has 1 aliphatic rings. The highest BCUT2D eigenvalue weighted by atomic mass is 19.1. The molecule has 0 aliphatic carbocycles. The zero-order valence-corrected chi connectivity index (χ0v) is 17.2. The molecule has 2 heterocycles. The van der Waals surface area contributed by atoms with Gasteiger partial charge < -0.3 is 14.4 Å². The molecule has 0 amide bonds. The second-order valence-corrected chi connectivity index (χ2v) is 8.00. The van der Waals surface area contributed by atoms with E-state index in [-0.39, 0.29) is 23.1 Å². The Kier molecular flexibility index (Phi) is 5.23. The minimum Gasteiger partial charge on any atom is -0.478 e. The summed E-state index contributed by atoms with van der Waals surface area (Å²) in [5.74, 6) is -1.52. The van der Waals surface area contributed by atoms with Crippen molar-refractivity contribution in [2.45, 2.75) is 18.8 Å². The number of benzene rings is 3. The molecule has 1 aliphatic heterocycles. The van der Waals surface area contributed by atoms with E-state index < -0.39 is 5.97 Å². The average molecular weight is 433 g/mol. The van der Waals surface area contributed by atoms with Gasteiger partial charge >= 0.3 is 5.97 Å². The van der Waals surface area contributed by atoms with Crippen LogP contribution in [0.25, 0.3) is 27.7 Å². The summed E-state index contributed by atoms with van der Waals surface area (Å²) in [4.78, 5) is 11.3. The Labute approximate surface area is 183 Å². The number of aromatic carboxylic acids is 1. The number of fused-ring (bicyclic) bond motifs is 1. The molecule has 4 nitrogen and oxygen atoms in total. The van der Waals surface area contributed by atoms with Crippen LogP contribution in [0.5, 0.6) is 0 Å². The lowest BCUT2D eigenvalue weighted by molar-refractivity contribution is 0.0697. The standard InChI is InChI=1S/C26H21F2NO3/c27-19-5-8-21(9-6-19)29-23-10-7-20(28)15-22(23)24(25(29)17-11-13-32-14-12-17)16-1-3-18(4-2-16)26(30)31/h1-10,15,17H,11-14H2,(H,30,31). The maximum absolute atomic E-state index is 14.4. The maximum atomic E-state index is 14.4. The number of carboxylic acids is 1. The second-order valence-electron chi connectivity index (χ2n) is 8.00. The van der Waals surface area contributed by atoms with Crippen molar-refractivity contribution in [3.05, 3.63) is 89.6 Å². The Morgan fingerprint density at radius 3 is 2.22 bits per heavy atom. The third-order valence-corrected chi connectivity index (χ3v) is 6.08. The minimum atomic E-state index is -0.999. The van der Waals surface area contributed by atoms with Crippen molar-refractivity contribution in [1.29, 1.82) is 0 Å². The topological polar surface area (TPSA) is 51.5 Å². The molecule has 1 N–H and O–H groups in total. The number of hydrogen-bond acceptors (Lipinski definition) is 2. The zero-order chi connectivity index (χ0) is 22.2. The molecule has 4 aromatic rings. The van der Waals surface area contributed by atoms with Crippen LogP contribution in [-0.4, -0.2) is 28.9 Å². The van der Waals surface area contributed by atoms with Crippen molar-refractivity contribution in [3.8, 4) is 16.8 Å². The van der Waals surface area contributed by atoms with E-state index in [1.54, 1.807) is 42.5 Å². The van der Waals surface area contributed by atoms with Crippen molar-refractivity contribution < 1.29 is 23.4 Å². The lowest BCUT2D eigenvalue weighted by Crippen LogP contribution is -2.17. The molecule has 1 aromatic heterocycles. The summed E-state index contributed by atoms with van der Waals surface area (Å²) in [7, 11) is 0. The first-order chi connectivity index (χ1) is 15.5. The van der Waals surface area contributed by atoms with E-state index in [0.29, 0.717) is 13.2 Å². The fraction of sp³-hybridized carbons (Fsp3) is 0.192. The van der Waals surface area contributed by atoms with E-state index in [9.17, 15) is 18.7 Å². The third-order valence-electron chi connectivity index (χ3n) is 6.08. The fourth-order valence-electron chi connectivity index (χ4n) is 4.59. The molecule has 0 spiro atoms. The normalized spacial score (nSPS) is 14.7. The molecule has 0 unspecified atom stereocenters. The zero-order valence-electron chi connectivity index (χ0n) is 17.2. The van der Waals surface area contributed by atoms with Gasteiger partial charge in [0, 0.05) is 41.5 Å². The summed E-state index contributed by atoms with van der Waals surface area (Å²) in [5, 5.41) is 10.0. The van der Waals surface area contributed by atoms with Gasteiger partial charge in [-0.1, -0.05) is 12.1 Å². The van der Waals surface area contributed by atoms with Crippen LogP contribution in [0.15, 0.2) is 66.7 Å². The van der Waals surface area contributed by atoms with Gasteiger partial charge in [-0.15, -0.1) is 0 Å². The number of carbonyl (C=O) groups is 1. The molecular formula is C26H21F2NO3. The van der Waals surface area contributed by atoms with Gasteiger partial charge in [0.25, 0.3) is 0 Å². The summed E-state index contributed by atoms with van der Waals surface area (Å²) in [6, 6.07) is 17.6. The molecular weight excluding hydrogens is 412 g/mol. The summed E-state index contributed by atoms with van der Waals surface area (Å²) in [6.45, 7) is 1.25. The van der Waals surface area contributed by atoms with Crippen molar-refractivity contribution in [3.63, 3.8) is 0 Å². The fourth-order valence-corrected chi connectivity index (χ4v) is 4.59. The van der Waals surface area contributed by atoms with E-state index in [1.165, 1.54) is 24.3 Å². The van der Waals surface area contributed by atoms with Gasteiger partial charge in [-0.05, 0) is 73.0 Å². The molecule has 0 saturated carbocycles. The van der Waals surface area contributed by atoms with Crippen LogP contribution in [-0.2, 0) is 4.74 Å². The highest BCUT2D eigenvalue weighted by Crippen LogP contribution is 2.43. The van der Waals surface area contributed by atoms with Gasteiger partial charge in [-0.3, -0.25) is 0 Å². The summed E-state index contributed by atoms with van der Waals surface area (Å²) in [6.07, 6.45) is 1.61. The second kappa shape index (κ2) is 8.20. The van der Waals surface area contributed by atoms with Crippen LogP contribution in [0.1, 0.15) is 34.8 Å². The number of carboxylic acid groups (broad SMARTS) is 1. The molecule has 0 atom stereocenters. The molecule has 1 saturated heterocycles. The molecule has 6 heteroatoms. The number of aromatic nitrogens is 1. The van der Waals surface area contributed by atoms with Crippen LogP contribution < -0.4 is 0 Å². The number of ether oxygens (including phenoxy) is 1. The Morgan fingerprint density at radius 2 is 1.56 bits per heavy atom. The lowest BCUT2D eigenvalue weighted by Gasteiger charge is -2.26. The third kappa shape index (κ3) is 3.56. The van der Waals surface area contributed by atoms with Gasteiger partial charge in [0.15, 0.2) is 0 Å². The predicted molar refractivity (Wildman–Crippen MR) is 118 cm³/mol. The number of rotatable bonds is 4. The lowest BCUT2D eigenvalue weighted by atomic mass is 9.89. The first-order valence-corrected chi connectivity index (χ1v) is 10.5. The van der Waals surface area contributed by atoms with Crippen LogP contribution >= 0.6 is 0 Å². The number of nitrogens with zero attached hydrogens (tertiary/aromatic N) is 1. The molecule has 5 rings (SSSR count). The Morgan fingerprint density at radius 1 is 0.906 bits per heavy atom. The SMILES string of the molecule is O=C(O)c1ccc(-c2c(C3CCOCC3)n(-c3ccc(F)cc3)c3ccc(F)cc23)cc1. The maximum Gasteiger partial charge on any atom is 0.335 e. The highest BCUT2D eigenvalue weighted by molar-refractivity contribution is 6.00. The van der Waals surface area contributed by atoms with Crippen molar-refractivity contribution >= 4 is 16.9 Å². The van der Waals surface area contributed by atoms with Crippen molar-refractivity contribution in [2.24, 2.45) is 0 Å². The highest BCUT2D eigenvalue weighted by Gasteiger charge is 2.28. The molecule has 1 fully saturated rings. The van der Waals surface area contributed by atoms with E-state index >= 15 is 0 Å². The van der Waals surface area contributed by atoms with Crippen LogP contribution in [0.4, 0.5) is 8.78 Å². The van der Waals surface area contributed by atoms with Gasteiger partial charge in [0.05, 0.1) is 11.1 Å². The molecule has 162 valence electrons. The molecule has 3 aromatic carbocycles. The van der Waals surface area contributed by atoms with Crippen molar-refractivity contribution in [1.82, 2.24) is 4.57 Å². The van der Waals surface area contributed by atoms with Gasteiger partial charge in [0.1, 0.15) is 11.6 Å². The van der Waals surface area contributed by atoms with E-state index in [1.807, 2.05) is 0 Å². The quantitative estimate of drug-likeness (QED) is 0.419. The summed E-state index contributed by atoms with van der Waals surface area (Å²) >= 11 is 0. The minimum absolute atomic E-state index is 0.151. The summed E-state index contributed by atoms with van der Waals surface area (Å²) < 4.78 is 35.7. The largest absolute Gasteiger partial charge is 0.478 e. The number of hydrogen-bond donors (Lipinski definition) is 1. The van der Waals surface area contributed by atoms with E-state index in [0.717, 1.165) is 46.3 Å². The average Bonchev–Trinajstić information content (AvgIpc) is 3.14. The van der Waals surface area contributed by atoms with Gasteiger partial charge in [-0.2, -0.15) is 0 Å². The van der Waals surface area contributed by atoms with Gasteiger partial charge in [0.2, 0.25) is 0 Å². The number of halogens is 2. The van der Waals surface area contributed by atoms with E-state index in [2.05, 4.69) is 4.57 Å². The van der Waals surface area contributed by atoms with Crippen molar-refractivity contribution in [2.75, 3.05) is 13.2 Å². The summed E-state index contributed by atoms with van der Waals surface area (Å²) in [5.41, 5.74) is 4.48. The first kappa shape index (κ1) is 20.4. The van der Waals surface area contributed by atoms with Crippen LogP contribution in [0.2, 0.25) is 0 Å². The molecule has 32 heavy (non-hydrogen) atoms. The molecule has 0 bridgehead atoms. The smallest absolute Gasteiger partial charge is 0.335 e. The monoisotopic (exact) mass is 433 g/mol. The predicted octanol–water partition coefficient (Wildman–Crippen LogP) is 6.17. The van der Waals surface area contributed by atoms with Crippen LogP contribution in [0, 0.1) is 11.6 Å². The molecule has 0 radical (unpaired) electrons. The Bertz CT molecular complexity index is 1290. The first-order valence-electron chi connectivity index (χ1n) is 10.5. The van der Waals surface area contributed by atoms with Crippen LogP contribution in [0.3, 0.4) is 0 Å². The Balaban J connectivity index is 1.83. The Hall–Kier alpha value is -3.51. The van der Waals surface area contributed by atoms with Gasteiger partial charge in [-0.25, -0.2) is 13.6 Å².